The van der Waals surface area contributed by atoms with Gasteiger partial charge in [-0.15, -0.1) is 10.2 Å². The maximum Gasteiger partial charge on any atom is 0.233 e. The third kappa shape index (κ3) is 4.43. The van der Waals surface area contributed by atoms with Crippen LogP contribution in [0.25, 0.3) is 11.4 Å². The Hall–Kier alpha value is -1.82. The second-order valence-corrected chi connectivity index (χ2v) is 9.85. The fraction of sp³-hybridized carbons (Fsp3) is 0.591. The van der Waals surface area contributed by atoms with Gasteiger partial charge in [0, 0.05) is 24.7 Å². The number of aromatic nitrogens is 3. The second-order valence-electron chi connectivity index (χ2n) is 8.91. The summed E-state index contributed by atoms with van der Waals surface area (Å²) in [6.45, 7) is 10.9. The number of thioether (sulfide) groups is 1. The lowest BCUT2D eigenvalue weighted by atomic mass is 9.87. The molecule has 0 unspecified atom stereocenters. The van der Waals surface area contributed by atoms with E-state index in [0.717, 1.165) is 29.4 Å². The van der Waals surface area contributed by atoms with Gasteiger partial charge in [0.25, 0.3) is 0 Å². The molecule has 6 heteroatoms. The SMILES string of the molecule is C[C@H]1CCC[C@H](C)N1C(=O)CSc1nnc(-c2ccc(C(C)(C)C)cc2)n1C. The predicted molar refractivity (Wildman–Crippen MR) is 115 cm³/mol. The van der Waals surface area contributed by atoms with Crippen LogP contribution in [0.1, 0.15) is 59.4 Å². The smallest absolute Gasteiger partial charge is 0.233 e. The van der Waals surface area contributed by atoms with Gasteiger partial charge in [0.05, 0.1) is 5.75 Å². The van der Waals surface area contributed by atoms with E-state index in [0.29, 0.717) is 17.8 Å². The Bertz CT molecular complexity index is 812. The monoisotopic (exact) mass is 400 g/mol. The summed E-state index contributed by atoms with van der Waals surface area (Å²) in [7, 11) is 1.96. The number of rotatable bonds is 4. The van der Waals surface area contributed by atoms with E-state index >= 15 is 0 Å². The van der Waals surface area contributed by atoms with Gasteiger partial charge in [-0.25, -0.2) is 0 Å². The van der Waals surface area contributed by atoms with Gasteiger partial charge in [0.15, 0.2) is 11.0 Å². The number of carbonyl (C=O) groups is 1. The number of nitrogens with zero attached hydrogens (tertiary/aromatic N) is 4. The van der Waals surface area contributed by atoms with Crippen molar-refractivity contribution in [2.75, 3.05) is 5.75 Å². The largest absolute Gasteiger partial charge is 0.337 e. The summed E-state index contributed by atoms with van der Waals surface area (Å²) in [5.41, 5.74) is 2.46. The van der Waals surface area contributed by atoms with Crippen LogP contribution in [-0.4, -0.2) is 43.4 Å². The minimum atomic E-state index is 0.127. The molecule has 2 aromatic rings. The quantitative estimate of drug-likeness (QED) is 0.700. The third-order valence-corrected chi connectivity index (χ3v) is 6.66. The number of likely N-dealkylation sites (tertiary alicyclic amines) is 1. The Morgan fingerprint density at radius 3 is 2.29 bits per heavy atom. The van der Waals surface area contributed by atoms with Crippen LogP contribution in [0, 0.1) is 0 Å². The highest BCUT2D eigenvalue weighted by Gasteiger charge is 2.29. The Kier molecular flexibility index (Phi) is 6.18. The molecule has 1 fully saturated rings. The predicted octanol–water partition coefficient (Wildman–Crippen LogP) is 4.66. The molecule has 0 spiro atoms. The topological polar surface area (TPSA) is 51.0 Å². The molecule has 1 saturated heterocycles. The van der Waals surface area contributed by atoms with Crippen molar-refractivity contribution in [3.05, 3.63) is 29.8 Å². The molecule has 1 amide bonds. The molecule has 2 atom stereocenters. The van der Waals surface area contributed by atoms with Crippen LogP contribution in [0.5, 0.6) is 0 Å². The Labute approximate surface area is 172 Å². The van der Waals surface area contributed by atoms with Gasteiger partial charge < -0.3 is 9.47 Å². The van der Waals surface area contributed by atoms with Crippen molar-refractivity contribution in [3.63, 3.8) is 0 Å². The first kappa shape index (κ1) is 20.9. The molecule has 0 radical (unpaired) electrons. The fourth-order valence-electron chi connectivity index (χ4n) is 3.92. The number of benzene rings is 1. The molecule has 2 heterocycles. The highest BCUT2D eigenvalue weighted by atomic mass is 32.2. The highest BCUT2D eigenvalue weighted by Crippen LogP contribution is 2.28. The summed E-state index contributed by atoms with van der Waals surface area (Å²) >= 11 is 1.47. The van der Waals surface area contributed by atoms with Crippen LogP contribution in [0.4, 0.5) is 0 Å². The Morgan fingerprint density at radius 1 is 1.11 bits per heavy atom. The van der Waals surface area contributed by atoms with Crippen LogP contribution in [0.15, 0.2) is 29.4 Å². The van der Waals surface area contributed by atoms with Gasteiger partial charge in [0.2, 0.25) is 5.91 Å². The molecule has 5 nitrogen and oxygen atoms in total. The summed E-state index contributed by atoms with van der Waals surface area (Å²) in [6.07, 6.45) is 3.40. The lowest BCUT2D eigenvalue weighted by molar-refractivity contribution is -0.134. The van der Waals surface area contributed by atoms with Crippen molar-refractivity contribution in [1.82, 2.24) is 19.7 Å². The molecule has 28 heavy (non-hydrogen) atoms. The van der Waals surface area contributed by atoms with E-state index in [2.05, 4.69) is 74.0 Å². The first-order valence-electron chi connectivity index (χ1n) is 10.1. The number of amides is 1. The van der Waals surface area contributed by atoms with Gasteiger partial charge in [-0.2, -0.15) is 0 Å². The van der Waals surface area contributed by atoms with Crippen LogP contribution >= 0.6 is 11.8 Å². The van der Waals surface area contributed by atoms with Gasteiger partial charge in [0.1, 0.15) is 0 Å². The summed E-state index contributed by atoms with van der Waals surface area (Å²) in [6, 6.07) is 9.16. The second kappa shape index (κ2) is 8.27. The fourth-order valence-corrected chi connectivity index (χ4v) is 4.71. The van der Waals surface area contributed by atoms with E-state index in [1.165, 1.54) is 23.7 Å². The van der Waals surface area contributed by atoms with Crippen LogP contribution < -0.4 is 0 Å². The van der Waals surface area contributed by atoms with Gasteiger partial charge in [-0.1, -0.05) is 56.8 Å². The number of hydrogen-bond acceptors (Lipinski definition) is 4. The molecular formula is C22H32N4OS. The molecule has 1 aliphatic heterocycles. The molecule has 0 aliphatic carbocycles. The van der Waals surface area contributed by atoms with Crippen molar-refractivity contribution in [2.24, 2.45) is 7.05 Å². The number of piperidine rings is 1. The zero-order valence-corrected chi connectivity index (χ0v) is 18.7. The minimum Gasteiger partial charge on any atom is -0.337 e. The first-order valence-corrected chi connectivity index (χ1v) is 11.1. The molecule has 1 aromatic heterocycles. The zero-order chi connectivity index (χ0) is 20.5. The normalized spacial score (nSPS) is 20.4. The first-order chi connectivity index (χ1) is 13.2. The summed E-state index contributed by atoms with van der Waals surface area (Å²) in [4.78, 5) is 14.8. The minimum absolute atomic E-state index is 0.127. The van der Waals surface area contributed by atoms with Crippen molar-refractivity contribution >= 4 is 17.7 Å². The summed E-state index contributed by atoms with van der Waals surface area (Å²) in [5, 5.41) is 9.47. The molecule has 1 aromatic carbocycles. The highest BCUT2D eigenvalue weighted by molar-refractivity contribution is 7.99. The van der Waals surface area contributed by atoms with Gasteiger partial charge >= 0.3 is 0 Å². The molecule has 0 bridgehead atoms. The van der Waals surface area contributed by atoms with E-state index < -0.39 is 0 Å². The molecule has 152 valence electrons. The summed E-state index contributed by atoms with van der Waals surface area (Å²) in [5.74, 6) is 1.43. The molecule has 3 rings (SSSR count). The van der Waals surface area contributed by atoms with E-state index in [4.69, 9.17) is 0 Å². The van der Waals surface area contributed by atoms with Crippen LogP contribution in [0.3, 0.4) is 0 Å². The third-order valence-electron chi connectivity index (χ3n) is 5.65. The lowest BCUT2D eigenvalue weighted by Gasteiger charge is -2.39. The molecule has 0 saturated carbocycles. The molecule has 1 aliphatic rings. The van der Waals surface area contributed by atoms with E-state index in [9.17, 15) is 4.79 Å². The van der Waals surface area contributed by atoms with Crippen molar-refractivity contribution in [2.45, 2.75) is 76.5 Å². The standard InChI is InChI=1S/C22H32N4OS/c1-15-8-7-9-16(2)26(15)19(27)14-28-21-24-23-20(25(21)6)17-10-12-18(13-11-17)22(3,4)5/h10-13,15-16H,7-9,14H2,1-6H3/t15-,16-/m0/s1. The van der Waals surface area contributed by atoms with Crippen molar-refractivity contribution < 1.29 is 4.79 Å². The van der Waals surface area contributed by atoms with Crippen LogP contribution in [-0.2, 0) is 17.3 Å². The maximum absolute atomic E-state index is 12.8. The molecular weight excluding hydrogens is 368 g/mol. The Morgan fingerprint density at radius 2 is 1.71 bits per heavy atom. The average molecular weight is 401 g/mol. The average Bonchev–Trinajstić information content (AvgIpc) is 3.00. The molecule has 0 N–H and O–H groups in total. The van der Waals surface area contributed by atoms with Crippen molar-refractivity contribution in [3.8, 4) is 11.4 Å². The Balaban J connectivity index is 1.69. The number of hydrogen-bond donors (Lipinski definition) is 0. The number of carbonyl (C=O) groups excluding carboxylic acids is 1. The lowest BCUT2D eigenvalue weighted by Crippen LogP contribution is -2.48. The zero-order valence-electron chi connectivity index (χ0n) is 17.9. The van der Waals surface area contributed by atoms with Crippen LogP contribution in [0.2, 0.25) is 0 Å². The summed E-state index contributed by atoms with van der Waals surface area (Å²) < 4.78 is 1.98. The van der Waals surface area contributed by atoms with E-state index in [1.54, 1.807) is 0 Å². The van der Waals surface area contributed by atoms with Gasteiger partial charge in [-0.3, -0.25) is 4.79 Å². The van der Waals surface area contributed by atoms with Crippen molar-refractivity contribution in [1.29, 1.82) is 0 Å². The van der Waals surface area contributed by atoms with E-state index in [1.807, 2.05) is 11.6 Å². The van der Waals surface area contributed by atoms with E-state index in [-0.39, 0.29) is 11.3 Å². The maximum atomic E-state index is 12.8. The van der Waals surface area contributed by atoms with Gasteiger partial charge in [-0.05, 0) is 44.1 Å².